The Morgan fingerprint density at radius 2 is 2.15 bits per heavy atom. The van der Waals surface area contributed by atoms with Crippen molar-refractivity contribution in [1.29, 1.82) is 0 Å². The molecule has 5 nitrogen and oxygen atoms in total. The number of amides is 2. The second-order valence-corrected chi connectivity index (χ2v) is 6.33. The Labute approximate surface area is 125 Å². The third-order valence-corrected chi connectivity index (χ3v) is 4.62. The molecule has 1 heterocycles. The van der Waals surface area contributed by atoms with E-state index >= 15 is 0 Å². The average Bonchev–Trinajstić information content (AvgIpc) is 3.03. The molecular weight excluding hydrogens is 324 g/mol. The van der Waals surface area contributed by atoms with Crippen LogP contribution in [0.2, 0.25) is 0 Å². The van der Waals surface area contributed by atoms with Crippen LogP contribution < -0.4 is 5.32 Å². The first kappa shape index (κ1) is 13.4. The molecule has 6 heteroatoms. The van der Waals surface area contributed by atoms with Gasteiger partial charge in [-0.15, -0.1) is 0 Å². The zero-order chi connectivity index (χ0) is 14.3. The molecule has 1 aromatic carbocycles. The van der Waals surface area contributed by atoms with E-state index in [1.165, 1.54) is 12.5 Å². The van der Waals surface area contributed by atoms with Crippen molar-refractivity contribution in [2.45, 2.75) is 25.3 Å². The number of anilines is 1. The summed E-state index contributed by atoms with van der Waals surface area (Å²) in [5, 5.41) is 11.9. The first-order valence-corrected chi connectivity index (χ1v) is 7.44. The number of likely N-dealkylation sites (tertiary alicyclic amines) is 1. The fourth-order valence-electron chi connectivity index (χ4n) is 3.16. The molecule has 0 aromatic heterocycles. The van der Waals surface area contributed by atoms with Crippen molar-refractivity contribution < 1.29 is 14.7 Å². The molecule has 0 spiro atoms. The van der Waals surface area contributed by atoms with Gasteiger partial charge in [-0.1, -0.05) is 15.9 Å². The molecule has 2 atom stereocenters. The lowest BCUT2D eigenvalue weighted by Gasteiger charge is -2.27. The zero-order valence-corrected chi connectivity index (χ0v) is 12.4. The summed E-state index contributed by atoms with van der Waals surface area (Å²) in [5.41, 5.74) is 0.436. The number of piperidine rings is 1. The topological polar surface area (TPSA) is 69.6 Å². The van der Waals surface area contributed by atoms with Crippen molar-refractivity contribution in [3.63, 3.8) is 0 Å². The van der Waals surface area contributed by atoms with Crippen molar-refractivity contribution in [1.82, 2.24) is 4.90 Å². The van der Waals surface area contributed by atoms with Crippen LogP contribution in [0, 0.1) is 5.92 Å². The summed E-state index contributed by atoms with van der Waals surface area (Å²) in [4.78, 5) is 25.3. The van der Waals surface area contributed by atoms with E-state index in [1.807, 2.05) is 4.90 Å². The number of carbonyl (C=O) groups excluding carboxylic acids is 1. The van der Waals surface area contributed by atoms with E-state index in [1.54, 1.807) is 12.1 Å². The summed E-state index contributed by atoms with van der Waals surface area (Å²) in [6.45, 7) is 0.787. The van der Waals surface area contributed by atoms with E-state index in [-0.39, 0.29) is 11.6 Å². The number of carboxylic acid groups (broad SMARTS) is 1. The number of hydrogen-bond acceptors (Lipinski definition) is 2. The lowest BCUT2D eigenvalue weighted by Crippen LogP contribution is -2.40. The van der Waals surface area contributed by atoms with Gasteiger partial charge in [0.25, 0.3) is 0 Å². The van der Waals surface area contributed by atoms with E-state index < -0.39 is 5.97 Å². The fourth-order valence-corrected chi connectivity index (χ4v) is 3.52. The molecule has 2 fully saturated rings. The minimum Gasteiger partial charge on any atom is -0.478 e. The maximum atomic E-state index is 12.3. The Hall–Kier alpha value is -1.56. The molecule has 1 aliphatic carbocycles. The molecule has 2 amide bonds. The van der Waals surface area contributed by atoms with Crippen LogP contribution in [-0.2, 0) is 0 Å². The van der Waals surface area contributed by atoms with E-state index in [0.717, 1.165) is 19.4 Å². The van der Waals surface area contributed by atoms with Crippen LogP contribution in [0.1, 0.15) is 29.6 Å². The van der Waals surface area contributed by atoms with E-state index in [4.69, 9.17) is 0 Å². The van der Waals surface area contributed by atoms with Crippen molar-refractivity contribution in [3.05, 3.63) is 28.2 Å². The van der Waals surface area contributed by atoms with Crippen molar-refractivity contribution in [2.75, 3.05) is 11.9 Å². The lowest BCUT2D eigenvalue weighted by atomic mass is 10.1. The van der Waals surface area contributed by atoms with Crippen LogP contribution >= 0.6 is 15.9 Å². The second-order valence-electron chi connectivity index (χ2n) is 5.41. The Balaban J connectivity index is 1.78. The highest BCUT2D eigenvalue weighted by Gasteiger charge is 2.40. The standard InChI is InChI=1S/C14H15BrN2O3/c15-9-2-4-12(11(6-9)13(18)19)16-14(20)17-7-8-1-3-10(17)5-8/h2,4,6,8,10H,1,3,5,7H2,(H,16,20)(H,18,19). The number of urea groups is 1. The number of rotatable bonds is 2. The Kier molecular flexibility index (Phi) is 3.41. The highest BCUT2D eigenvalue weighted by molar-refractivity contribution is 9.10. The smallest absolute Gasteiger partial charge is 0.337 e. The predicted octanol–water partition coefficient (Wildman–Crippen LogP) is 3.16. The summed E-state index contributed by atoms with van der Waals surface area (Å²) in [6, 6.07) is 4.96. The summed E-state index contributed by atoms with van der Waals surface area (Å²) in [6.07, 6.45) is 3.34. The van der Waals surface area contributed by atoms with Crippen molar-refractivity contribution in [3.8, 4) is 0 Å². The van der Waals surface area contributed by atoms with Gasteiger partial charge in [-0.05, 0) is 43.4 Å². The molecule has 106 valence electrons. The van der Waals surface area contributed by atoms with Crippen molar-refractivity contribution >= 4 is 33.6 Å². The summed E-state index contributed by atoms with van der Waals surface area (Å²) >= 11 is 3.24. The van der Waals surface area contributed by atoms with Gasteiger partial charge in [0.2, 0.25) is 0 Å². The van der Waals surface area contributed by atoms with Crippen LogP contribution in [0.25, 0.3) is 0 Å². The predicted molar refractivity (Wildman–Crippen MR) is 78.0 cm³/mol. The molecule has 1 saturated heterocycles. The summed E-state index contributed by atoms with van der Waals surface area (Å²) < 4.78 is 0.674. The molecule has 1 saturated carbocycles. The molecule has 2 aliphatic rings. The number of carbonyl (C=O) groups is 2. The monoisotopic (exact) mass is 338 g/mol. The van der Waals surface area contributed by atoms with Crippen LogP contribution in [0.5, 0.6) is 0 Å². The molecule has 2 unspecified atom stereocenters. The quantitative estimate of drug-likeness (QED) is 0.870. The van der Waals surface area contributed by atoms with Gasteiger partial charge in [0, 0.05) is 17.1 Å². The lowest BCUT2D eigenvalue weighted by molar-refractivity contribution is 0.0698. The molecule has 3 rings (SSSR count). The van der Waals surface area contributed by atoms with Gasteiger partial charge >= 0.3 is 12.0 Å². The third-order valence-electron chi connectivity index (χ3n) is 4.12. The average molecular weight is 339 g/mol. The van der Waals surface area contributed by atoms with Gasteiger partial charge in [-0.2, -0.15) is 0 Å². The zero-order valence-electron chi connectivity index (χ0n) is 10.8. The number of benzene rings is 1. The molecule has 20 heavy (non-hydrogen) atoms. The fraction of sp³-hybridized carbons (Fsp3) is 0.429. The molecule has 1 aromatic rings. The molecule has 1 aliphatic heterocycles. The highest BCUT2D eigenvalue weighted by Crippen LogP contribution is 2.37. The number of hydrogen-bond donors (Lipinski definition) is 2. The van der Waals surface area contributed by atoms with E-state index in [2.05, 4.69) is 21.2 Å². The Bertz CT molecular complexity index is 576. The molecule has 2 bridgehead atoms. The normalized spacial score (nSPS) is 23.9. The van der Waals surface area contributed by atoms with Crippen LogP contribution in [0.3, 0.4) is 0 Å². The summed E-state index contributed by atoms with van der Waals surface area (Å²) in [5.74, 6) is -0.431. The van der Waals surface area contributed by atoms with E-state index in [9.17, 15) is 14.7 Å². The largest absolute Gasteiger partial charge is 0.478 e. The third kappa shape index (κ3) is 2.40. The molecular formula is C14H15BrN2O3. The van der Waals surface area contributed by atoms with Gasteiger partial charge in [0.1, 0.15) is 0 Å². The summed E-state index contributed by atoms with van der Waals surface area (Å²) in [7, 11) is 0. The van der Waals surface area contributed by atoms with Gasteiger partial charge < -0.3 is 15.3 Å². The number of aromatic carboxylic acids is 1. The van der Waals surface area contributed by atoms with Crippen LogP contribution in [0.15, 0.2) is 22.7 Å². The van der Waals surface area contributed by atoms with Gasteiger partial charge in [-0.25, -0.2) is 9.59 Å². The van der Waals surface area contributed by atoms with E-state index in [0.29, 0.717) is 22.1 Å². The number of halogens is 1. The first-order chi connectivity index (χ1) is 9.54. The number of fused-ring (bicyclic) bond motifs is 2. The Morgan fingerprint density at radius 3 is 2.75 bits per heavy atom. The SMILES string of the molecule is O=C(O)c1cc(Br)ccc1NC(=O)N1CC2CCC1C2. The number of carboxylic acids is 1. The number of nitrogens with one attached hydrogen (secondary N) is 1. The Morgan fingerprint density at radius 1 is 1.35 bits per heavy atom. The van der Waals surface area contributed by atoms with Crippen molar-refractivity contribution in [2.24, 2.45) is 5.92 Å². The van der Waals surface area contributed by atoms with Gasteiger partial charge in [-0.3, -0.25) is 0 Å². The second kappa shape index (κ2) is 5.09. The highest BCUT2D eigenvalue weighted by atomic mass is 79.9. The van der Waals surface area contributed by atoms with Crippen LogP contribution in [0.4, 0.5) is 10.5 Å². The first-order valence-electron chi connectivity index (χ1n) is 6.65. The van der Waals surface area contributed by atoms with Gasteiger partial charge in [0.15, 0.2) is 0 Å². The van der Waals surface area contributed by atoms with Crippen LogP contribution in [-0.4, -0.2) is 34.6 Å². The minimum absolute atomic E-state index is 0.0945. The number of nitrogens with zero attached hydrogens (tertiary/aromatic N) is 1. The maximum Gasteiger partial charge on any atom is 0.337 e. The van der Waals surface area contributed by atoms with Gasteiger partial charge in [0.05, 0.1) is 11.3 Å². The minimum atomic E-state index is -1.05. The molecule has 2 N–H and O–H groups in total. The maximum absolute atomic E-state index is 12.3. The molecule has 0 radical (unpaired) electrons.